The van der Waals surface area contributed by atoms with E-state index in [9.17, 15) is 4.79 Å². The molecule has 3 N–H and O–H groups in total. The van der Waals surface area contributed by atoms with Gasteiger partial charge >= 0.3 is 0 Å². The van der Waals surface area contributed by atoms with Crippen molar-refractivity contribution in [3.63, 3.8) is 0 Å². The molecule has 1 aromatic carbocycles. The van der Waals surface area contributed by atoms with Crippen molar-refractivity contribution in [1.29, 1.82) is 0 Å². The number of nitrogens with two attached hydrogens (primary N) is 1. The molecule has 0 bridgehead atoms. The molecule has 1 saturated carbocycles. The Balaban J connectivity index is 1.73. The summed E-state index contributed by atoms with van der Waals surface area (Å²) >= 11 is 11.9. The summed E-state index contributed by atoms with van der Waals surface area (Å²) in [6.45, 7) is 0.595. The van der Waals surface area contributed by atoms with Gasteiger partial charge in [-0.05, 0) is 48.9 Å². The van der Waals surface area contributed by atoms with Crippen LogP contribution in [0.15, 0.2) is 18.2 Å². The molecule has 0 heterocycles. The molecule has 0 saturated heterocycles. The van der Waals surface area contributed by atoms with Crippen molar-refractivity contribution in [3.05, 3.63) is 33.8 Å². The van der Waals surface area contributed by atoms with Crippen LogP contribution in [0.2, 0.25) is 10.0 Å². The van der Waals surface area contributed by atoms with Gasteiger partial charge in [0.15, 0.2) is 0 Å². The molecule has 2 rings (SSSR count). The van der Waals surface area contributed by atoms with E-state index in [0.29, 0.717) is 28.9 Å². The summed E-state index contributed by atoms with van der Waals surface area (Å²) in [5.74, 6) is 0.427. The van der Waals surface area contributed by atoms with Crippen LogP contribution in [-0.4, -0.2) is 18.5 Å². The second-order valence-corrected chi connectivity index (χ2v) is 6.31. The van der Waals surface area contributed by atoms with Gasteiger partial charge in [-0.3, -0.25) is 4.79 Å². The van der Waals surface area contributed by atoms with Gasteiger partial charge in [0, 0.05) is 29.1 Å². The largest absolute Gasteiger partial charge is 0.356 e. The number of rotatable bonds is 5. The molecule has 0 aliphatic heterocycles. The minimum atomic E-state index is 0.0838. The third kappa shape index (κ3) is 4.65. The second-order valence-electron chi connectivity index (χ2n) is 5.44. The van der Waals surface area contributed by atoms with Crippen LogP contribution < -0.4 is 11.1 Å². The SMILES string of the molecule is N[C@@H]1CCC[C@H]1CC(=O)NCCc1cc(Cl)cc(Cl)c1. The van der Waals surface area contributed by atoms with Crippen LogP contribution in [0.4, 0.5) is 0 Å². The number of hydrogen-bond donors (Lipinski definition) is 2. The van der Waals surface area contributed by atoms with Crippen molar-refractivity contribution < 1.29 is 4.79 Å². The van der Waals surface area contributed by atoms with Crippen molar-refractivity contribution in [2.24, 2.45) is 11.7 Å². The summed E-state index contributed by atoms with van der Waals surface area (Å²) < 4.78 is 0. The van der Waals surface area contributed by atoms with E-state index in [2.05, 4.69) is 5.32 Å². The first kappa shape index (κ1) is 15.6. The smallest absolute Gasteiger partial charge is 0.220 e. The third-order valence-electron chi connectivity index (χ3n) is 3.82. The highest BCUT2D eigenvalue weighted by molar-refractivity contribution is 6.34. The number of hydrogen-bond acceptors (Lipinski definition) is 2. The lowest BCUT2D eigenvalue weighted by atomic mass is 10.00. The van der Waals surface area contributed by atoms with Crippen molar-refractivity contribution in [3.8, 4) is 0 Å². The van der Waals surface area contributed by atoms with E-state index in [1.54, 1.807) is 6.07 Å². The third-order valence-corrected chi connectivity index (χ3v) is 4.26. The summed E-state index contributed by atoms with van der Waals surface area (Å²) in [6.07, 6.45) is 4.51. The molecule has 20 heavy (non-hydrogen) atoms. The van der Waals surface area contributed by atoms with Crippen LogP contribution in [0.25, 0.3) is 0 Å². The molecule has 110 valence electrons. The average molecular weight is 315 g/mol. The molecule has 0 unspecified atom stereocenters. The maximum atomic E-state index is 11.8. The van der Waals surface area contributed by atoms with Gasteiger partial charge in [0.05, 0.1) is 0 Å². The van der Waals surface area contributed by atoms with Gasteiger partial charge in [-0.2, -0.15) is 0 Å². The van der Waals surface area contributed by atoms with E-state index < -0.39 is 0 Å². The maximum absolute atomic E-state index is 11.8. The van der Waals surface area contributed by atoms with Gasteiger partial charge in [-0.25, -0.2) is 0 Å². The van der Waals surface area contributed by atoms with E-state index in [1.165, 1.54) is 0 Å². The zero-order valence-corrected chi connectivity index (χ0v) is 12.9. The fourth-order valence-corrected chi connectivity index (χ4v) is 3.30. The Kier molecular flexibility index (Phi) is 5.70. The van der Waals surface area contributed by atoms with E-state index in [0.717, 1.165) is 31.2 Å². The molecule has 2 atom stereocenters. The summed E-state index contributed by atoms with van der Waals surface area (Å²) in [7, 11) is 0. The topological polar surface area (TPSA) is 55.1 Å². The van der Waals surface area contributed by atoms with Gasteiger partial charge in [0.25, 0.3) is 0 Å². The van der Waals surface area contributed by atoms with Crippen molar-refractivity contribution in [1.82, 2.24) is 5.32 Å². The minimum absolute atomic E-state index is 0.0838. The number of nitrogens with one attached hydrogen (secondary N) is 1. The quantitative estimate of drug-likeness (QED) is 0.877. The minimum Gasteiger partial charge on any atom is -0.356 e. The first-order chi connectivity index (χ1) is 9.54. The first-order valence-electron chi connectivity index (χ1n) is 7.02. The highest BCUT2D eigenvalue weighted by Gasteiger charge is 2.25. The highest BCUT2D eigenvalue weighted by atomic mass is 35.5. The Bertz CT molecular complexity index is 459. The Morgan fingerprint density at radius 1 is 1.25 bits per heavy atom. The summed E-state index contributed by atoms with van der Waals surface area (Å²) in [6, 6.07) is 5.62. The van der Waals surface area contributed by atoms with E-state index in [-0.39, 0.29) is 11.9 Å². The van der Waals surface area contributed by atoms with E-state index >= 15 is 0 Å². The molecule has 0 radical (unpaired) electrons. The normalized spacial score (nSPS) is 21.9. The number of carbonyl (C=O) groups excluding carboxylic acids is 1. The Labute approximate surface area is 129 Å². The standard InChI is InChI=1S/C15H20Cl2N2O/c16-12-6-10(7-13(17)9-12)4-5-19-15(20)8-11-2-1-3-14(11)18/h6-7,9,11,14H,1-5,8,18H2,(H,19,20)/t11-,14+/m0/s1. The fraction of sp³-hybridized carbons (Fsp3) is 0.533. The molecule has 1 aliphatic rings. The number of amides is 1. The van der Waals surface area contributed by atoms with Crippen LogP contribution in [-0.2, 0) is 11.2 Å². The summed E-state index contributed by atoms with van der Waals surface area (Å²) in [5, 5.41) is 4.18. The van der Waals surface area contributed by atoms with Gasteiger partial charge < -0.3 is 11.1 Å². The lowest BCUT2D eigenvalue weighted by Gasteiger charge is -2.14. The van der Waals surface area contributed by atoms with E-state index in [1.807, 2.05) is 12.1 Å². The Morgan fingerprint density at radius 2 is 1.95 bits per heavy atom. The van der Waals surface area contributed by atoms with Gasteiger partial charge in [0.1, 0.15) is 0 Å². The van der Waals surface area contributed by atoms with Crippen molar-refractivity contribution in [2.45, 2.75) is 38.1 Å². The van der Waals surface area contributed by atoms with Crippen LogP contribution >= 0.6 is 23.2 Å². The molecule has 0 spiro atoms. The molecule has 5 heteroatoms. The highest BCUT2D eigenvalue weighted by Crippen LogP contribution is 2.26. The Morgan fingerprint density at radius 3 is 2.55 bits per heavy atom. The Hall–Kier alpha value is -0.770. The second kappa shape index (κ2) is 7.30. The number of halogens is 2. The number of carbonyl (C=O) groups is 1. The molecule has 1 fully saturated rings. The zero-order chi connectivity index (χ0) is 14.5. The lowest BCUT2D eigenvalue weighted by molar-refractivity contribution is -0.122. The molecule has 1 amide bonds. The number of benzene rings is 1. The zero-order valence-electron chi connectivity index (χ0n) is 11.4. The van der Waals surface area contributed by atoms with Crippen molar-refractivity contribution >= 4 is 29.1 Å². The van der Waals surface area contributed by atoms with Gasteiger partial charge in [-0.15, -0.1) is 0 Å². The molecule has 0 aromatic heterocycles. The molecule has 3 nitrogen and oxygen atoms in total. The predicted molar refractivity (Wildman–Crippen MR) is 83.1 cm³/mol. The first-order valence-corrected chi connectivity index (χ1v) is 7.77. The molecule has 1 aliphatic carbocycles. The average Bonchev–Trinajstić information content (AvgIpc) is 2.73. The van der Waals surface area contributed by atoms with Gasteiger partial charge in [-0.1, -0.05) is 29.6 Å². The van der Waals surface area contributed by atoms with Crippen LogP contribution in [0.5, 0.6) is 0 Å². The monoisotopic (exact) mass is 314 g/mol. The molecular weight excluding hydrogens is 295 g/mol. The van der Waals surface area contributed by atoms with Gasteiger partial charge in [0.2, 0.25) is 5.91 Å². The fourth-order valence-electron chi connectivity index (χ4n) is 2.73. The van der Waals surface area contributed by atoms with Crippen molar-refractivity contribution in [2.75, 3.05) is 6.54 Å². The van der Waals surface area contributed by atoms with E-state index in [4.69, 9.17) is 28.9 Å². The lowest BCUT2D eigenvalue weighted by Crippen LogP contribution is -2.32. The summed E-state index contributed by atoms with van der Waals surface area (Å²) in [5.41, 5.74) is 7.00. The predicted octanol–water partition coefficient (Wildman–Crippen LogP) is 3.17. The molecular formula is C15H20Cl2N2O. The van der Waals surface area contributed by atoms with Crippen LogP contribution in [0.3, 0.4) is 0 Å². The summed E-state index contributed by atoms with van der Waals surface area (Å²) in [4.78, 5) is 11.8. The van der Waals surface area contributed by atoms with Crippen LogP contribution in [0, 0.1) is 5.92 Å². The molecule has 1 aromatic rings. The van der Waals surface area contributed by atoms with Crippen LogP contribution in [0.1, 0.15) is 31.2 Å². The maximum Gasteiger partial charge on any atom is 0.220 e.